The second-order valence-corrected chi connectivity index (χ2v) is 3.09. The Bertz CT molecular complexity index is 290. The zero-order valence-corrected chi connectivity index (χ0v) is 8.66. The average molecular weight is 188 g/mol. The Morgan fingerprint density at radius 3 is 2.57 bits per heavy atom. The van der Waals surface area contributed by atoms with E-state index in [2.05, 4.69) is 28.3 Å². The number of nitrogens with zero attached hydrogens (tertiary/aromatic N) is 2. The highest BCUT2D eigenvalue weighted by Crippen LogP contribution is 2.00. The molecule has 14 heavy (non-hydrogen) atoms. The first-order valence-electron chi connectivity index (χ1n) is 4.87. The molecule has 0 spiro atoms. The van der Waals surface area contributed by atoms with Gasteiger partial charge in [0.1, 0.15) is 5.84 Å². The van der Waals surface area contributed by atoms with Gasteiger partial charge in [0.05, 0.1) is 0 Å². The van der Waals surface area contributed by atoms with Gasteiger partial charge in [0.25, 0.3) is 0 Å². The van der Waals surface area contributed by atoms with Crippen LogP contribution in [-0.4, -0.2) is 23.8 Å². The Kier molecular flexibility index (Phi) is 4.57. The quantitative estimate of drug-likeness (QED) is 0.281. The van der Waals surface area contributed by atoms with Crippen molar-refractivity contribution in [2.75, 3.05) is 13.1 Å². The summed E-state index contributed by atoms with van der Waals surface area (Å²) >= 11 is 0. The fraction of sp³-hybridized carbons (Fsp3) is 0.417. The minimum Gasteiger partial charge on any atom is -0.358 e. The lowest BCUT2D eigenvalue weighted by atomic mass is 10.4. The molecular weight excluding hydrogens is 172 g/mol. The summed E-state index contributed by atoms with van der Waals surface area (Å²) in [5.41, 5.74) is 0. The zero-order chi connectivity index (χ0) is 10.2. The lowest BCUT2D eigenvalue weighted by molar-refractivity contribution is 0.441. The third-order valence-corrected chi connectivity index (χ3v) is 2.08. The monoisotopic (exact) mass is 188 g/mol. The first-order chi connectivity index (χ1) is 6.84. The van der Waals surface area contributed by atoms with Gasteiger partial charge in [-0.2, -0.15) is 0 Å². The molecule has 0 N–H and O–H groups in total. The second-order valence-electron chi connectivity index (χ2n) is 3.09. The summed E-state index contributed by atoms with van der Waals surface area (Å²) in [5.74, 6) is 7.29. The molecule has 0 atom stereocenters. The van der Waals surface area contributed by atoms with Crippen molar-refractivity contribution < 1.29 is 0 Å². The molecule has 0 saturated carbocycles. The summed E-state index contributed by atoms with van der Waals surface area (Å²) in [6.07, 6.45) is 7.21. The number of allylic oxidation sites excluding steroid dienone is 2. The van der Waals surface area contributed by atoms with Crippen LogP contribution < -0.4 is 0 Å². The van der Waals surface area contributed by atoms with Gasteiger partial charge in [-0.25, -0.2) is 4.99 Å². The molecule has 0 radical (unpaired) electrons. The molecule has 0 aromatic heterocycles. The van der Waals surface area contributed by atoms with E-state index in [1.807, 2.05) is 13.0 Å². The molecule has 0 fully saturated rings. The third-order valence-electron chi connectivity index (χ3n) is 2.08. The normalized spacial score (nSPS) is 17.5. The molecule has 0 aromatic carbocycles. The minimum atomic E-state index is 0.942. The lowest BCUT2D eigenvalue weighted by Gasteiger charge is -2.20. The van der Waals surface area contributed by atoms with Crippen molar-refractivity contribution in [2.45, 2.75) is 19.8 Å². The second kappa shape index (κ2) is 6.04. The van der Waals surface area contributed by atoms with Crippen LogP contribution in [0.15, 0.2) is 29.9 Å². The topological polar surface area (TPSA) is 15.6 Å². The van der Waals surface area contributed by atoms with Crippen LogP contribution in [0.1, 0.15) is 19.8 Å². The smallest absolute Gasteiger partial charge is 0.101 e. The van der Waals surface area contributed by atoms with Crippen molar-refractivity contribution in [3.05, 3.63) is 24.9 Å². The third kappa shape index (κ3) is 3.49. The van der Waals surface area contributed by atoms with Crippen molar-refractivity contribution in [3.8, 4) is 11.8 Å². The fourth-order valence-electron chi connectivity index (χ4n) is 1.29. The highest BCUT2D eigenvalue weighted by atomic mass is 15.2. The van der Waals surface area contributed by atoms with Crippen molar-refractivity contribution >= 4 is 5.84 Å². The van der Waals surface area contributed by atoms with Gasteiger partial charge in [-0.05, 0) is 13.0 Å². The average Bonchev–Trinajstić information content (AvgIpc) is 2.46. The van der Waals surface area contributed by atoms with Crippen LogP contribution in [0.3, 0.4) is 0 Å². The van der Waals surface area contributed by atoms with Gasteiger partial charge in [-0.3, -0.25) is 0 Å². The molecule has 0 saturated heterocycles. The number of hydrogen-bond donors (Lipinski definition) is 0. The fourth-order valence-corrected chi connectivity index (χ4v) is 1.29. The Morgan fingerprint density at radius 1 is 1.36 bits per heavy atom. The van der Waals surface area contributed by atoms with E-state index in [1.165, 1.54) is 0 Å². The van der Waals surface area contributed by atoms with E-state index in [4.69, 9.17) is 0 Å². The zero-order valence-electron chi connectivity index (χ0n) is 8.66. The Balaban J connectivity index is 2.50. The van der Waals surface area contributed by atoms with Crippen LogP contribution in [0.5, 0.6) is 0 Å². The van der Waals surface area contributed by atoms with Crippen LogP contribution >= 0.6 is 0 Å². The van der Waals surface area contributed by atoms with E-state index in [0.29, 0.717) is 0 Å². The summed E-state index contributed by atoms with van der Waals surface area (Å²) in [7, 11) is 0. The molecule has 2 nitrogen and oxygen atoms in total. The molecule has 1 rings (SSSR count). The van der Waals surface area contributed by atoms with Crippen LogP contribution in [0.2, 0.25) is 0 Å². The molecule has 1 aliphatic rings. The molecule has 1 heterocycles. The molecule has 1 aliphatic heterocycles. The molecule has 74 valence electrons. The van der Waals surface area contributed by atoms with E-state index in [0.717, 1.165) is 31.8 Å². The van der Waals surface area contributed by atoms with Crippen LogP contribution in [-0.2, 0) is 0 Å². The van der Waals surface area contributed by atoms with E-state index >= 15 is 0 Å². The highest BCUT2D eigenvalue weighted by molar-refractivity contribution is 5.80. The number of hydrogen-bond acceptors (Lipinski definition) is 1. The number of rotatable bonds is 2. The Hall–Kier alpha value is -1.49. The molecule has 0 aliphatic carbocycles. The van der Waals surface area contributed by atoms with Crippen LogP contribution in [0.25, 0.3) is 0 Å². The van der Waals surface area contributed by atoms with E-state index in [-0.39, 0.29) is 0 Å². The summed E-state index contributed by atoms with van der Waals surface area (Å²) in [6, 6.07) is 0. The van der Waals surface area contributed by atoms with Crippen molar-refractivity contribution in [1.29, 1.82) is 0 Å². The van der Waals surface area contributed by atoms with Gasteiger partial charge in [-0.1, -0.05) is 12.7 Å². The molecular formula is C12H16N2. The van der Waals surface area contributed by atoms with Crippen molar-refractivity contribution in [2.24, 2.45) is 4.99 Å². The minimum absolute atomic E-state index is 0.942. The molecule has 0 bridgehead atoms. The summed E-state index contributed by atoms with van der Waals surface area (Å²) in [5, 5.41) is 0. The largest absolute Gasteiger partial charge is 0.358 e. The van der Waals surface area contributed by atoms with E-state index in [1.54, 1.807) is 12.3 Å². The predicted octanol–water partition coefficient (Wildman–Crippen LogP) is 2.20. The van der Waals surface area contributed by atoms with Gasteiger partial charge in [0.15, 0.2) is 0 Å². The number of aliphatic imine (C=N–C) groups is 1. The molecule has 0 aromatic rings. The first-order valence-corrected chi connectivity index (χ1v) is 4.87. The summed E-state index contributed by atoms with van der Waals surface area (Å²) in [4.78, 5) is 6.56. The van der Waals surface area contributed by atoms with Crippen molar-refractivity contribution in [1.82, 2.24) is 4.90 Å². The van der Waals surface area contributed by atoms with Gasteiger partial charge in [-0.15, -0.1) is 11.8 Å². The maximum Gasteiger partial charge on any atom is 0.101 e. The standard InChI is InChI=1S/C12H16N2/c1-3-4-9-13-12(2)14-10-7-5-6-8-11-14/h3-4,9H,1,7-8,10-11H2,2H3/b9-4-,13-12?. The summed E-state index contributed by atoms with van der Waals surface area (Å²) < 4.78 is 0. The van der Waals surface area contributed by atoms with Crippen molar-refractivity contribution in [3.63, 3.8) is 0 Å². The van der Waals surface area contributed by atoms with Gasteiger partial charge in [0, 0.05) is 32.1 Å². The molecule has 2 heteroatoms. The lowest BCUT2D eigenvalue weighted by Crippen LogP contribution is -2.29. The Morgan fingerprint density at radius 2 is 2.00 bits per heavy atom. The maximum atomic E-state index is 4.31. The van der Waals surface area contributed by atoms with Crippen LogP contribution in [0, 0.1) is 11.8 Å². The molecule has 0 unspecified atom stereocenters. The number of amidine groups is 1. The van der Waals surface area contributed by atoms with Gasteiger partial charge < -0.3 is 4.90 Å². The van der Waals surface area contributed by atoms with Gasteiger partial charge in [0.2, 0.25) is 0 Å². The first kappa shape index (κ1) is 10.6. The van der Waals surface area contributed by atoms with E-state index in [9.17, 15) is 0 Å². The van der Waals surface area contributed by atoms with Gasteiger partial charge >= 0.3 is 0 Å². The predicted molar refractivity (Wildman–Crippen MR) is 61.0 cm³/mol. The van der Waals surface area contributed by atoms with E-state index < -0.39 is 0 Å². The molecule has 0 amide bonds. The highest BCUT2D eigenvalue weighted by Gasteiger charge is 2.05. The summed E-state index contributed by atoms with van der Waals surface area (Å²) in [6.45, 7) is 7.60. The Labute approximate surface area is 86.0 Å². The SMILES string of the molecule is C=C/C=C\N=C(C)N1CCC#CCC1. The van der Waals surface area contributed by atoms with Crippen LogP contribution in [0.4, 0.5) is 0 Å². The maximum absolute atomic E-state index is 4.31.